The molecule has 0 heterocycles. The van der Waals surface area contributed by atoms with E-state index in [1.54, 1.807) is 0 Å². The Morgan fingerprint density at radius 1 is 1.13 bits per heavy atom. The van der Waals surface area contributed by atoms with Crippen molar-refractivity contribution in [2.75, 3.05) is 13.1 Å². The van der Waals surface area contributed by atoms with Crippen LogP contribution in [0.5, 0.6) is 0 Å². The third kappa shape index (κ3) is 13.2. The maximum Gasteiger partial charge on any atom is 0.322 e. The van der Waals surface area contributed by atoms with E-state index in [9.17, 15) is 4.79 Å². The molecule has 0 unspecified atom stereocenters. The molecular weight excluding hydrogens is 214 g/mol. The van der Waals surface area contributed by atoms with E-state index in [0.717, 1.165) is 25.8 Å². The highest BCUT2D eigenvalue weighted by molar-refractivity contribution is 5.91. The predicted octanol–water partition coefficient (Wildman–Crippen LogP) is 1.35. The number of unbranched alkanes of at least 4 members (excludes halogenated alkanes) is 5. The van der Waals surface area contributed by atoms with Gasteiger partial charge in [-0.2, -0.15) is 5.26 Å². The van der Waals surface area contributed by atoms with E-state index in [-0.39, 0.29) is 12.4 Å². The van der Waals surface area contributed by atoms with Crippen LogP contribution in [-0.4, -0.2) is 19.0 Å². The highest BCUT2D eigenvalue weighted by Crippen LogP contribution is 2.03. The van der Waals surface area contributed by atoms with Gasteiger partial charge in [0.25, 0.3) is 0 Å². The zero-order valence-electron chi connectivity index (χ0n) is 9.00. The molecule has 0 fully saturated rings. The number of rotatable bonds is 8. The molecule has 0 aliphatic heterocycles. The normalized spacial score (nSPS) is 8.80. The summed E-state index contributed by atoms with van der Waals surface area (Å²) < 4.78 is 0. The van der Waals surface area contributed by atoms with E-state index >= 15 is 0 Å². The third-order valence-corrected chi connectivity index (χ3v) is 2.02. The van der Waals surface area contributed by atoms with Crippen molar-refractivity contribution in [1.29, 1.82) is 5.26 Å². The molecule has 0 aliphatic rings. The van der Waals surface area contributed by atoms with Gasteiger partial charge in [0.15, 0.2) is 6.07 Å². The number of amides is 1. The molecule has 0 aliphatic carbocycles. The van der Waals surface area contributed by atoms with Gasteiger partial charge in [-0.05, 0) is 19.4 Å². The molecule has 3 N–H and O–H groups in total. The van der Waals surface area contributed by atoms with Gasteiger partial charge in [-0.15, -0.1) is 12.4 Å². The summed E-state index contributed by atoms with van der Waals surface area (Å²) >= 11 is 0. The van der Waals surface area contributed by atoms with E-state index in [2.05, 4.69) is 5.32 Å². The van der Waals surface area contributed by atoms with Crippen LogP contribution in [0.4, 0.5) is 0 Å². The smallest absolute Gasteiger partial charge is 0.322 e. The zero-order valence-corrected chi connectivity index (χ0v) is 9.81. The van der Waals surface area contributed by atoms with Gasteiger partial charge in [0, 0.05) is 6.54 Å². The lowest BCUT2D eigenvalue weighted by Crippen LogP contribution is -2.22. The molecule has 0 radical (unpaired) electrons. The van der Waals surface area contributed by atoms with Crippen LogP contribution < -0.4 is 11.1 Å². The lowest BCUT2D eigenvalue weighted by Gasteiger charge is -2.01. The fourth-order valence-electron chi connectivity index (χ4n) is 1.22. The minimum atomic E-state index is -0.534. The summed E-state index contributed by atoms with van der Waals surface area (Å²) in [6.07, 6.45) is 6.75. The van der Waals surface area contributed by atoms with Crippen molar-refractivity contribution in [1.82, 2.24) is 5.32 Å². The molecule has 0 atom stereocenters. The number of carbonyl (C=O) groups excluding carboxylic acids is 1. The number of halogens is 1. The molecule has 0 aromatic heterocycles. The standard InChI is InChI=1S/C10H19N3O.ClH/c11-7-5-3-1-2-4-6-8-13-10(14)9-12;/h1-8,11H2,(H,13,14);1H. The van der Waals surface area contributed by atoms with Gasteiger partial charge >= 0.3 is 5.91 Å². The first-order valence-electron chi connectivity index (χ1n) is 5.19. The Labute approximate surface area is 97.6 Å². The minimum Gasteiger partial charge on any atom is -0.344 e. The summed E-state index contributed by atoms with van der Waals surface area (Å²) in [4.78, 5) is 10.5. The first kappa shape index (κ1) is 16.6. The molecule has 0 aromatic rings. The zero-order chi connectivity index (χ0) is 10.6. The van der Waals surface area contributed by atoms with Crippen molar-refractivity contribution in [2.45, 2.75) is 38.5 Å². The topological polar surface area (TPSA) is 78.9 Å². The fourth-order valence-corrected chi connectivity index (χ4v) is 1.22. The van der Waals surface area contributed by atoms with Crippen LogP contribution in [0.1, 0.15) is 38.5 Å². The molecule has 1 amide bonds. The quantitative estimate of drug-likeness (QED) is 0.491. The van der Waals surface area contributed by atoms with Gasteiger partial charge in [0.2, 0.25) is 0 Å². The molecule has 0 saturated carbocycles. The van der Waals surface area contributed by atoms with Gasteiger partial charge < -0.3 is 11.1 Å². The first-order valence-corrected chi connectivity index (χ1v) is 5.19. The number of nitrogens with one attached hydrogen (secondary N) is 1. The average Bonchev–Trinajstić information content (AvgIpc) is 2.21. The SMILES string of the molecule is Cl.N#CC(=O)NCCCCCCCCN. The lowest BCUT2D eigenvalue weighted by molar-refractivity contribution is -0.115. The summed E-state index contributed by atoms with van der Waals surface area (Å²) in [5.41, 5.74) is 5.36. The van der Waals surface area contributed by atoms with E-state index in [1.807, 2.05) is 0 Å². The monoisotopic (exact) mass is 233 g/mol. The van der Waals surface area contributed by atoms with E-state index < -0.39 is 5.91 Å². The minimum absolute atomic E-state index is 0. The van der Waals surface area contributed by atoms with E-state index in [4.69, 9.17) is 11.0 Å². The maximum atomic E-state index is 10.5. The Morgan fingerprint density at radius 3 is 2.20 bits per heavy atom. The maximum absolute atomic E-state index is 10.5. The second-order valence-corrected chi connectivity index (χ2v) is 3.28. The van der Waals surface area contributed by atoms with Crippen LogP contribution in [0, 0.1) is 11.3 Å². The van der Waals surface area contributed by atoms with E-state index in [1.165, 1.54) is 25.3 Å². The fraction of sp³-hybridized carbons (Fsp3) is 0.800. The Kier molecular flexibility index (Phi) is 14.6. The van der Waals surface area contributed by atoms with Crippen LogP contribution in [0.25, 0.3) is 0 Å². The molecule has 0 spiro atoms. The molecule has 88 valence electrons. The molecular formula is C10H20ClN3O. The van der Waals surface area contributed by atoms with Crippen molar-refractivity contribution in [3.63, 3.8) is 0 Å². The van der Waals surface area contributed by atoms with E-state index in [0.29, 0.717) is 6.54 Å². The molecule has 0 bridgehead atoms. The Morgan fingerprint density at radius 2 is 1.67 bits per heavy atom. The van der Waals surface area contributed by atoms with Crippen LogP contribution in [0.15, 0.2) is 0 Å². The van der Waals surface area contributed by atoms with Crippen molar-refractivity contribution >= 4 is 18.3 Å². The van der Waals surface area contributed by atoms with Crippen LogP contribution in [-0.2, 0) is 4.79 Å². The summed E-state index contributed by atoms with van der Waals surface area (Å²) in [5.74, 6) is -0.534. The Bertz CT molecular complexity index is 192. The third-order valence-electron chi connectivity index (χ3n) is 2.02. The molecule has 0 saturated heterocycles. The van der Waals surface area contributed by atoms with Crippen LogP contribution in [0.2, 0.25) is 0 Å². The van der Waals surface area contributed by atoms with Crippen molar-refractivity contribution in [3.8, 4) is 6.07 Å². The second-order valence-electron chi connectivity index (χ2n) is 3.28. The second kappa shape index (κ2) is 13.2. The lowest BCUT2D eigenvalue weighted by atomic mass is 10.1. The number of nitrogens with zero attached hydrogens (tertiary/aromatic N) is 1. The number of nitriles is 1. The van der Waals surface area contributed by atoms with Crippen molar-refractivity contribution in [3.05, 3.63) is 0 Å². The number of carbonyl (C=O) groups is 1. The molecule has 4 nitrogen and oxygen atoms in total. The Hall–Kier alpha value is -0.790. The summed E-state index contributed by atoms with van der Waals surface area (Å²) in [5, 5.41) is 10.7. The number of nitrogens with two attached hydrogens (primary N) is 1. The first-order chi connectivity index (χ1) is 6.81. The molecule has 15 heavy (non-hydrogen) atoms. The molecule has 5 heteroatoms. The van der Waals surface area contributed by atoms with Crippen molar-refractivity contribution < 1.29 is 4.79 Å². The molecule has 0 aromatic carbocycles. The van der Waals surface area contributed by atoms with Gasteiger partial charge in [0.05, 0.1) is 0 Å². The largest absolute Gasteiger partial charge is 0.344 e. The van der Waals surface area contributed by atoms with Gasteiger partial charge in [-0.1, -0.05) is 25.7 Å². The van der Waals surface area contributed by atoms with Gasteiger partial charge in [-0.3, -0.25) is 4.79 Å². The van der Waals surface area contributed by atoms with Gasteiger partial charge in [-0.25, -0.2) is 0 Å². The highest BCUT2D eigenvalue weighted by atomic mass is 35.5. The summed E-state index contributed by atoms with van der Waals surface area (Å²) in [6.45, 7) is 1.39. The van der Waals surface area contributed by atoms with Crippen LogP contribution >= 0.6 is 12.4 Å². The Balaban J connectivity index is 0. The highest BCUT2D eigenvalue weighted by Gasteiger charge is 1.95. The number of hydrogen-bond donors (Lipinski definition) is 2. The van der Waals surface area contributed by atoms with Crippen LogP contribution in [0.3, 0.4) is 0 Å². The summed E-state index contributed by atoms with van der Waals surface area (Å²) in [7, 11) is 0. The van der Waals surface area contributed by atoms with Crippen molar-refractivity contribution in [2.24, 2.45) is 5.73 Å². The predicted molar refractivity (Wildman–Crippen MR) is 62.6 cm³/mol. The number of hydrogen-bond acceptors (Lipinski definition) is 3. The molecule has 0 rings (SSSR count). The summed E-state index contributed by atoms with van der Waals surface area (Å²) in [6, 6.07) is 1.52. The van der Waals surface area contributed by atoms with Gasteiger partial charge in [0.1, 0.15) is 0 Å². The average molecular weight is 234 g/mol.